The molecular weight excluding hydrogens is 384 g/mol. The molecule has 0 unspecified atom stereocenters. The number of hydrogen-bond donors (Lipinski definition) is 0. The molecule has 0 N–H and O–H groups in total. The highest BCUT2D eigenvalue weighted by molar-refractivity contribution is 9.09. The van der Waals surface area contributed by atoms with Crippen LogP contribution >= 0.6 is 15.9 Å². The van der Waals surface area contributed by atoms with Gasteiger partial charge in [-0.1, -0.05) is 109 Å². The summed E-state index contributed by atoms with van der Waals surface area (Å²) in [7, 11) is -1.23. The molecule has 0 nitrogen and oxygen atoms in total. The summed E-state index contributed by atoms with van der Waals surface area (Å²) in [5.74, 6) is 3.06. The first-order chi connectivity index (χ1) is 12.3. The highest BCUT2D eigenvalue weighted by Crippen LogP contribution is 2.44. The van der Waals surface area contributed by atoms with E-state index in [-0.39, 0.29) is 0 Å². The highest BCUT2D eigenvalue weighted by Gasteiger charge is 2.40. The van der Waals surface area contributed by atoms with Crippen molar-refractivity contribution in [2.45, 2.75) is 82.8 Å². The zero-order valence-electron chi connectivity index (χ0n) is 16.2. The van der Waals surface area contributed by atoms with Crippen LogP contribution in [0.4, 0.5) is 0 Å². The molecule has 1 aliphatic heterocycles. The van der Waals surface area contributed by atoms with Crippen molar-refractivity contribution >= 4 is 29.2 Å². The van der Waals surface area contributed by atoms with E-state index in [4.69, 9.17) is 0 Å². The van der Waals surface area contributed by atoms with Crippen molar-refractivity contribution in [3.8, 4) is 0 Å². The third-order valence-corrected chi connectivity index (χ3v) is 13.7. The van der Waals surface area contributed by atoms with Crippen LogP contribution in [0.5, 0.6) is 0 Å². The van der Waals surface area contributed by atoms with Crippen LogP contribution in [0.3, 0.4) is 0 Å². The zero-order chi connectivity index (χ0) is 17.5. The lowest BCUT2D eigenvalue weighted by Crippen LogP contribution is -2.50. The van der Waals surface area contributed by atoms with Gasteiger partial charge >= 0.3 is 0 Å². The lowest BCUT2D eigenvalue weighted by molar-refractivity contribution is 0.200. The van der Waals surface area contributed by atoms with E-state index >= 15 is 0 Å². The Balaban J connectivity index is 1.61. The van der Waals surface area contributed by atoms with Crippen LogP contribution in [0.1, 0.15) is 64.7 Å². The van der Waals surface area contributed by atoms with Crippen LogP contribution in [0.25, 0.3) is 0 Å². The van der Waals surface area contributed by atoms with Gasteiger partial charge in [0.1, 0.15) is 0 Å². The molecule has 2 fully saturated rings. The Morgan fingerprint density at radius 3 is 2.12 bits per heavy atom. The van der Waals surface area contributed by atoms with Crippen molar-refractivity contribution in [2.75, 3.05) is 5.33 Å². The summed E-state index contributed by atoms with van der Waals surface area (Å²) in [6, 6.07) is 16.4. The second kappa shape index (κ2) is 9.74. The van der Waals surface area contributed by atoms with Crippen LogP contribution in [0.15, 0.2) is 30.3 Å². The molecule has 1 saturated heterocycles. The van der Waals surface area contributed by atoms with Gasteiger partial charge in [-0.15, -0.1) is 0 Å². The maximum Gasteiger partial charge on any atom is 0.0867 e. The van der Waals surface area contributed by atoms with Gasteiger partial charge in [-0.05, 0) is 43.4 Å². The fourth-order valence-electron chi connectivity index (χ4n) is 5.67. The number of benzene rings is 1. The summed E-state index contributed by atoms with van der Waals surface area (Å²) in [6.07, 6.45) is 13.3. The molecule has 2 heteroatoms. The second-order valence-electron chi connectivity index (χ2n) is 8.88. The maximum atomic E-state index is 3.70. The van der Waals surface area contributed by atoms with Crippen LogP contribution in [0.2, 0.25) is 18.1 Å². The quantitative estimate of drug-likeness (QED) is 0.249. The summed E-state index contributed by atoms with van der Waals surface area (Å²) >= 11 is 3.70. The Bertz CT molecular complexity index is 484. The molecule has 0 radical (unpaired) electrons. The minimum absolute atomic E-state index is 0.965. The molecule has 3 rings (SSSR count). The lowest BCUT2D eigenvalue weighted by Gasteiger charge is -2.43. The van der Waals surface area contributed by atoms with Crippen molar-refractivity contribution in [1.29, 1.82) is 0 Å². The smallest absolute Gasteiger partial charge is 0.0867 e. The fraction of sp³-hybridized carbons (Fsp3) is 0.739. The van der Waals surface area contributed by atoms with Gasteiger partial charge in [0.25, 0.3) is 0 Å². The predicted molar refractivity (Wildman–Crippen MR) is 118 cm³/mol. The molecule has 0 spiro atoms. The van der Waals surface area contributed by atoms with Gasteiger partial charge in [0, 0.05) is 5.33 Å². The molecule has 1 aliphatic carbocycles. The first-order valence-corrected chi connectivity index (χ1v) is 14.6. The zero-order valence-corrected chi connectivity index (χ0v) is 18.8. The first kappa shape index (κ1) is 19.7. The van der Waals surface area contributed by atoms with Gasteiger partial charge < -0.3 is 0 Å². The minimum Gasteiger partial charge on any atom is -0.0925 e. The standard InChI is InChI=1S/C23H37BrSi/c1-2-3-7-16-25(23-8-5-4-6-9-23)17-14-22(15-18-25)21-12-10-20(19-24)11-13-21/h4-6,8-9,20-22H,2-3,7,10-19H2,1H3. The SMILES string of the molecule is CCCCC[Si]1(c2ccccc2)CCC(C2CCC(CBr)CC2)CC1. The molecule has 0 bridgehead atoms. The largest absolute Gasteiger partial charge is 0.0925 e. The molecule has 1 aromatic rings. The van der Waals surface area contributed by atoms with Crippen molar-refractivity contribution < 1.29 is 0 Å². The molecular formula is C23H37BrSi. The Hall–Kier alpha value is -0.0831. The third kappa shape index (κ3) is 5.00. The van der Waals surface area contributed by atoms with Crippen LogP contribution < -0.4 is 5.19 Å². The van der Waals surface area contributed by atoms with Crippen LogP contribution in [-0.2, 0) is 0 Å². The molecule has 0 atom stereocenters. The van der Waals surface area contributed by atoms with Crippen molar-refractivity contribution in [3.63, 3.8) is 0 Å². The molecule has 25 heavy (non-hydrogen) atoms. The fourth-order valence-corrected chi connectivity index (χ4v) is 11.6. The van der Waals surface area contributed by atoms with Gasteiger partial charge in [-0.2, -0.15) is 0 Å². The predicted octanol–water partition coefficient (Wildman–Crippen LogP) is 7.14. The normalized spacial score (nSPS) is 33.3. The molecule has 2 aliphatic rings. The number of alkyl halides is 1. The molecule has 1 heterocycles. The number of hydrogen-bond acceptors (Lipinski definition) is 0. The summed E-state index contributed by atoms with van der Waals surface area (Å²) in [5, 5.41) is 3.00. The van der Waals surface area contributed by atoms with Crippen molar-refractivity contribution in [2.24, 2.45) is 17.8 Å². The average Bonchev–Trinajstić information content (AvgIpc) is 2.69. The highest BCUT2D eigenvalue weighted by atomic mass is 79.9. The summed E-state index contributed by atoms with van der Waals surface area (Å²) in [6.45, 7) is 2.34. The molecule has 0 amide bonds. The Kier molecular flexibility index (Phi) is 7.66. The van der Waals surface area contributed by atoms with E-state index in [9.17, 15) is 0 Å². The Morgan fingerprint density at radius 1 is 0.880 bits per heavy atom. The first-order valence-electron chi connectivity index (χ1n) is 10.9. The van der Waals surface area contributed by atoms with E-state index in [1.54, 1.807) is 23.3 Å². The maximum absolute atomic E-state index is 3.70. The third-order valence-electron chi connectivity index (χ3n) is 7.41. The Labute approximate surface area is 165 Å². The number of halogens is 1. The Morgan fingerprint density at radius 2 is 1.52 bits per heavy atom. The second-order valence-corrected chi connectivity index (χ2v) is 14.2. The molecule has 0 aromatic heterocycles. The monoisotopic (exact) mass is 420 g/mol. The molecule has 1 aromatic carbocycles. The van der Waals surface area contributed by atoms with E-state index in [1.807, 2.05) is 0 Å². The van der Waals surface area contributed by atoms with Gasteiger partial charge in [-0.3, -0.25) is 0 Å². The number of rotatable bonds is 7. The van der Waals surface area contributed by atoms with E-state index in [0.717, 1.165) is 17.8 Å². The van der Waals surface area contributed by atoms with E-state index in [2.05, 4.69) is 53.2 Å². The number of unbranched alkanes of at least 4 members (excludes halogenated alkanes) is 2. The lowest BCUT2D eigenvalue weighted by atomic mass is 9.74. The van der Waals surface area contributed by atoms with Gasteiger partial charge in [0.15, 0.2) is 0 Å². The van der Waals surface area contributed by atoms with Crippen molar-refractivity contribution in [3.05, 3.63) is 30.3 Å². The molecule has 1 saturated carbocycles. The van der Waals surface area contributed by atoms with Gasteiger partial charge in [0.05, 0.1) is 8.07 Å². The average molecular weight is 422 g/mol. The van der Waals surface area contributed by atoms with Crippen LogP contribution in [0, 0.1) is 17.8 Å². The summed E-state index contributed by atoms with van der Waals surface area (Å²) in [4.78, 5) is 0. The summed E-state index contributed by atoms with van der Waals surface area (Å²) < 4.78 is 0. The van der Waals surface area contributed by atoms with Crippen molar-refractivity contribution in [1.82, 2.24) is 0 Å². The van der Waals surface area contributed by atoms with E-state index in [0.29, 0.717) is 0 Å². The van der Waals surface area contributed by atoms with E-state index in [1.165, 1.54) is 63.1 Å². The van der Waals surface area contributed by atoms with Gasteiger partial charge in [-0.25, -0.2) is 0 Å². The topological polar surface area (TPSA) is 0 Å². The molecule has 140 valence electrons. The van der Waals surface area contributed by atoms with Crippen LogP contribution in [-0.4, -0.2) is 13.4 Å². The summed E-state index contributed by atoms with van der Waals surface area (Å²) in [5.41, 5.74) is 0. The van der Waals surface area contributed by atoms with Gasteiger partial charge in [0.2, 0.25) is 0 Å². The minimum atomic E-state index is -1.23. The van der Waals surface area contributed by atoms with E-state index < -0.39 is 8.07 Å².